The molecule has 0 aliphatic rings. The number of carbonyl (C=O) groups is 1. The van der Waals surface area contributed by atoms with E-state index in [2.05, 4.69) is 19.1 Å². The Hall–Kier alpha value is -1.31. The van der Waals surface area contributed by atoms with Gasteiger partial charge in [0.15, 0.2) is 0 Å². The summed E-state index contributed by atoms with van der Waals surface area (Å²) in [6.07, 6.45) is 1.37. The van der Waals surface area contributed by atoms with Crippen molar-refractivity contribution in [3.8, 4) is 0 Å². The molecule has 13 heavy (non-hydrogen) atoms. The first-order valence-corrected chi connectivity index (χ1v) is 4.46. The molecule has 2 nitrogen and oxygen atoms in total. The second kappa shape index (κ2) is 7.35. The van der Waals surface area contributed by atoms with Crippen molar-refractivity contribution in [3.05, 3.63) is 35.9 Å². The van der Waals surface area contributed by atoms with Gasteiger partial charge in [-0.3, -0.25) is 4.79 Å². The van der Waals surface area contributed by atoms with E-state index in [4.69, 9.17) is 5.73 Å². The Morgan fingerprint density at radius 2 is 1.85 bits per heavy atom. The van der Waals surface area contributed by atoms with Crippen LogP contribution in [0.4, 0.5) is 0 Å². The molecule has 0 bridgehead atoms. The molecule has 72 valence electrons. The molecule has 0 saturated heterocycles. The highest BCUT2D eigenvalue weighted by atomic mass is 16.1. The Balaban J connectivity index is 0.000000226. The van der Waals surface area contributed by atoms with Crippen LogP contribution in [0, 0.1) is 6.92 Å². The van der Waals surface area contributed by atoms with Crippen LogP contribution in [0.5, 0.6) is 0 Å². The third-order valence-corrected chi connectivity index (χ3v) is 1.44. The molecule has 0 saturated carbocycles. The maximum absolute atomic E-state index is 9.82. The number of carbonyl (C=O) groups excluding carboxylic acids is 1. The van der Waals surface area contributed by atoms with Crippen LogP contribution in [0.15, 0.2) is 30.3 Å². The van der Waals surface area contributed by atoms with Crippen molar-refractivity contribution in [2.45, 2.75) is 26.7 Å². The minimum atomic E-state index is -0.211. The molecule has 0 spiro atoms. The summed E-state index contributed by atoms with van der Waals surface area (Å²) in [6, 6.07) is 10.3. The molecule has 0 atom stereocenters. The molecular formula is C11H17NO. The summed E-state index contributed by atoms with van der Waals surface area (Å²) in [4.78, 5) is 9.82. The number of hydrogen-bond acceptors (Lipinski definition) is 1. The lowest BCUT2D eigenvalue weighted by molar-refractivity contribution is -0.118. The average molecular weight is 179 g/mol. The Bertz CT molecular complexity index is 231. The molecule has 2 heteroatoms. The molecule has 0 aliphatic carbocycles. The van der Waals surface area contributed by atoms with Gasteiger partial charge in [-0.05, 0) is 13.3 Å². The Morgan fingerprint density at radius 3 is 2.00 bits per heavy atom. The highest BCUT2D eigenvalue weighted by Gasteiger charge is 1.84. The average Bonchev–Trinajstić information content (AvgIpc) is 2.06. The fourth-order valence-corrected chi connectivity index (χ4v) is 0.781. The second-order valence-electron chi connectivity index (χ2n) is 2.87. The lowest BCUT2D eigenvalue weighted by atomic mass is 10.2. The van der Waals surface area contributed by atoms with E-state index in [1.165, 1.54) is 5.56 Å². The zero-order chi connectivity index (χ0) is 10.1. The predicted octanol–water partition coefficient (Wildman–Crippen LogP) is 2.27. The maximum Gasteiger partial charge on any atom is 0.217 e. The molecule has 0 aliphatic heterocycles. The van der Waals surface area contributed by atoms with Gasteiger partial charge in [0.2, 0.25) is 5.91 Å². The highest BCUT2D eigenvalue weighted by molar-refractivity contribution is 5.73. The molecular weight excluding hydrogens is 162 g/mol. The van der Waals surface area contributed by atoms with Crippen LogP contribution in [0.1, 0.15) is 25.3 Å². The molecule has 2 N–H and O–H groups in total. The summed E-state index contributed by atoms with van der Waals surface area (Å²) in [5, 5.41) is 0. The molecule has 1 aromatic rings. The Labute approximate surface area is 79.8 Å². The first-order valence-electron chi connectivity index (χ1n) is 4.46. The number of benzene rings is 1. The molecule has 1 rings (SSSR count). The van der Waals surface area contributed by atoms with Gasteiger partial charge < -0.3 is 5.73 Å². The number of aryl methyl sites for hydroxylation is 1. The summed E-state index contributed by atoms with van der Waals surface area (Å²) in [7, 11) is 0. The summed E-state index contributed by atoms with van der Waals surface area (Å²) in [5.41, 5.74) is 6.09. The van der Waals surface area contributed by atoms with Crippen LogP contribution in [0.2, 0.25) is 0 Å². The topological polar surface area (TPSA) is 43.1 Å². The smallest absolute Gasteiger partial charge is 0.217 e. The van der Waals surface area contributed by atoms with Crippen molar-refractivity contribution in [1.82, 2.24) is 0 Å². The van der Waals surface area contributed by atoms with Crippen LogP contribution < -0.4 is 5.73 Å². The first-order chi connectivity index (χ1) is 6.16. The van der Waals surface area contributed by atoms with Crippen LogP contribution in [-0.2, 0) is 4.79 Å². The molecule has 0 unspecified atom stereocenters. The van der Waals surface area contributed by atoms with Crippen molar-refractivity contribution in [3.63, 3.8) is 0 Å². The fourth-order valence-electron chi connectivity index (χ4n) is 0.781. The summed E-state index contributed by atoms with van der Waals surface area (Å²) < 4.78 is 0. The number of nitrogens with two attached hydrogens (primary N) is 1. The van der Waals surface area contributed by atoms with Crippen LogP contribution in [0.25, 0.3) is 0 Å². The van der Waals surface area contributed by atoms with Gasteiger partial charge in [-0.25, -0.2) is 0 Å². The van der Waals surface area contributed by atoms with E-state index in [1.807, 2.05) is 25.1 Å². The van der Waals surface area contributed by atoms with E-state index < -0.39 is 0 Å². The highest BCUT2D eigenvalue weighted by Crippen LogP contribution is 1.92. The minimum Gasteiger partial charge on any atom is -0.370 e. The van der Waals surface area contributed by atoms with Gasteiger partial charge in [-0.2, -0.15) is 0 Å². The second-order valence-corrected chi connectivity index (χ2v) is 2.87. The van der Waals surface area contributed by atoms with E-state index in [1.54, 1.807) is 0 Å². The monoisotopic (exact) mass is 179 g/mol. The van der Waals surface area contributed by atoms with Crippen molar-refractivity contribution < 1.29 is 4.79 Å². The summed E-state index contributed by atoms with van der Waals surface area (Å²) in [5.74, 6) is -0.211. The van der Waals surface area contributed by atoms with Crippen molar-refractivity contribution in [2.24, 2.45) is 5.73 Å². The Kier molecular flexibility index (Phi) is 6.60. The van der Waals surface area contributed by atoms with Gasteiger partial charge in [-0.15, -0.1) is 0 Å². The number of primary amides is 1. The largest absolute Gasteiger partial charge is 0.370 e. The molecule has 0 heterocycles. The number of rotatable bonds is 2. The SMILES string of the molecule is CCCC(N)=O.Cc1ccccc1. The van der Waals surface area contributed by atoms with E-state index in [0.29, 0.717) is 6.42 Å². The van der Waals surface area contributed by atoms with Gasteiger partial charge in [0.1, 0.15) is 0 Å². The fraction of sp³-hybridized carbons (Fsp3) is 0.364. The quantitative estimate of drug-likeness (QED) is 0.743. The standard InChI is InChI=1S/C7H8.C4H9NO/c1-7-5-3-2-4-6-7;1-2-3-4(5)6/h2-6H,1H3;2-3H2,1H3,(H2,5,6). The molecule has 1 amide bonds. The third-order valence-electron chi connectivity index (χ3n) is 1.44. The van der Waals surface area contributed by atoms with Crippen molar-refractivity contribution >= 4 is 5.91 Å². The number of hydrogen-bond donors (Lipinski definition) is 1. The zero-order valence-corrected chi connectivity index (χ0v) is 8.29. The molecule has 1 aromatic carbocycles. The lowest BCUT2D eigenvalue weighted by Crippen LogP contribution is -2.08. The Morgan fingerprint density at radius 1 is 1.31 bits per heavy atom. The zero-order valence-electron chi connectivity index (χ0n) is 8.29. The maximum atomic E-state index is 9.82. The van der Waals surface area contributed by atoms with E-state index in [-0.39, 0.29) is 5.91 Å². The molecule has 0 aromatic heterocycles. The molecule has 0 radical (unpaired) electrons. The summed E-state index contributed by atoms with van der Waals surface area (Å²) in [6.45, 7) is 4.00. The predicted molar refractivity (Wildman–Crippen MR) is 55.3 cm³/mol. The van der Waals surface area contributed by atoms with Gasteiger partial charge in [0.05, 0.1) is 0 Å². The van der Waals surface area contributed by atoms with Gasteiger partial charge in [0.25, 0.3) is 0 Å². The van der Waals surface area contributed by atoms with Crippen molar-refractivity contribution in [1.29, 1.82) is 0 Å². The van der Waals surface area contributed by atoms with Crippen LogP contribution in [-0.4, -0.2) is 5.91 Å². The normalized spacial score (nSPS) is 8.46. The molecule has 0 fully saturated rings. The van der Waals surface area contributed by atoms with E-state index in [9.17, 15) is 4.79 Å². The minimum absolute atomic E-state index is 0.211. The first kappa shape index (κ1) is 11.7. The van der Waals surface area contributed by atoms with Gasteiger partial charge >= 0.3 is 0 Å². The third kappa shape index (κ3) is 8.60. The van der Waals surface area contributed by atoms with Crippen LogP contribution in [0.3, 0.4) is 0 Å². The lowest BCUT2D eigenvalue weighted by Gasteiger charge is -1.82. The van der Waals surface area contributed by atoms with Gasteiger partial charge in [-0.1, -0.05) is 42.8 Å². The van der Waals surface area contributed by atoms with Gasteiger partial charge in [0, 0.05) is 6.42 Å². The van der Waals surface area contributed by atoms with E-state index in [0.717, 1.165) is 6.42 Å². The summed E-state index contributed by atoms with van der Waals surface area (Å²) >= 11 is 0. The van der Waals surface area contributed by atoms with Crippen molar-refractivity contribution in [2.75, 3.05) is 0 Å². The number of amides is 1. The van der Waals surface area contributed by atoms with E-state index >= 15 is 0 Å². The van der Waals surface area contributed by atoms with Crippen LogP contribution >= 0.6 is 0 Å².